The summed E-state index contributed by atoms with van der Waals surface area (Å²) < 4.78 is 19.1. The van der Waals surface area contributed by atoms with E-state index in [2.05, 4.69) is 22.5 Å². The third kappa shape index (κ3) is 5.09. The largest absolute Gasteiger partial charge is 0.377 e. The average Bonchev–Trinajstić information content (AvgIpc) is 2.16. The lowest BCUT2D eigenvalue weighted by molar-refractivity contribution is 0.119. The highest BCUT2D eigenvalue weighted by atomic mass is 79.9. The number of hydrogen-bond acceptors (Lipinski definition) is 1. The molecule has 15 heavy (non-hydrogen) atoms. The van der Waals surface area contributed by atoms with Crippen LogP contribution in [0.4, 0.5) is 4.39 Å². The summed E-state index contributed by atoms with van der Waals surface area (Å²) in [4.78, 5) is 0. The van der Waals surface area contributed by atoms with Gasteiger partial charge in [0.05, 0.1) is 6.61 Å². The second kappa shape index (κ2) is 6.75. The van der Waals surface area contributed by atoms with Crippen LogP contribution in [0.5, 0.6) is 0 Å². The molecule has 0 bridgehead atoms. The summed E-state index contributed by atoms with van der Waals surface area (Å²) in [7, 11) is 0. The van der Waals surface area contributed by atoms with E-state index in [1.165, 1.54) is 12.1 Å². The van der Waals surface area contributed by atoms with Gasteiger partial charge in [-0.25, -0.2) is 4.39 Å². The van der Waals surface area contributed by atoms with Crippen molar-refractivity contribution in [2.24, 2.45) is 0 Å². The van der Waals surface area contributed by atoms with E-state index in [1.54, 1.807) is 0 Å². The van der Waals surface area contributed by atoms with Crippen molar-refractivity contribution < 1.29 is 9.13 Å². The molecule has 0 radical (unpaired) electrons. The number of halogens is 2. The zero-order chi connectivity index (χ0) is 11.1. The van der Waals surface area contributed by atoms with Crippen LogP contribution in [0.1, 0.15) is 18.4 Å². The Labute approximate surface area is 98.1 Å². The molecule has 0 unspecified atom stereocenters. The van der Waals surface area contributed by atoms with Crippen LogP contribution in [0.15, 0.2) is 35.3 Å². The lowest BCUT2D eigenvalue weighted by atomic mass is 10.2. The molecule has 0 N–H and O–H groups in total. The summed E-state index contributed by atoms with van der Waals surface area (Å²) in [5, 5.41) is 0. The van der Waals surface area contributed by atoms with Gasteiger partial charge in [0.2, 0.25) is 0 Å². The summed E-state index contributed by atoms with van der Waals surface area (Å²) in [6, 6.07) is 4.77. The minimum atomic E-state index is -0.242. The number of benzene rings is 1. The lowest BCUT2D eigenvalue weighted by Crippen LogP contribution is -1.95. The van der Waals surface area contributed by atoms with Crippen LogP contribution in [0.3, 0.4) is 0 Å². The topological polar surface area (TPSA) is 9.23 Å². The van der Waals surface area contributed by atoms with Crippen molar-refractivity contribution in [1.82, 2.24) is 0 Å². The maximum Gasteiger partial charge on any atom is 0.124 e. The van der Waals surface area contributed by atoms with Gasteiger partial charge in [0, 0.05) is 11.1 Å². The molecule has 0 saturated carbocycles. The third-order valence-electron chi connectivity index (χ3n) is 1.89. The minimum Gasteiger partial charge on any atom is -0.377 e. The Hall–Kier alpha value is -0.670. The van der Waals surface area contributed by atoms with Crippen molar-refractivity contribution in [2.45, 2.75) is 19.4 Å². The van der Waals surface area contributed by atoms with Crippen LogP contribution in [0.2, 0.25) is 0 Å². The normalized spacial score (nSPS) is 10.3. The molecular weight excluding hydrogens is 259 g/mol. The molecule has 82 valence electrons. The van der Waals surface area contributed by atoms with E-state index in [9.17, 15) is 4.39 Å². The van der Waals surface area contributed by atoms with Gasteiger partial charge in [0.25, 0.3) is 0 Å². The van der Waals surface area contributed by atoms with Crippen LogP contribution in [0.25, 0.3) is 0 Å². The van der Waals surface area contributed by atoms with E-state index in [1.807, 2.05) is 12.1 Å². The highest BCUT2D eigenvalue weighted by Crippen LogP contribution is 2.15. The van der Waals surface area contributed by atoms with E-state index in [0.29, 0.717) is 13.2 Å². The second-order valence-corrected chi connectivity index (χ2v) is 4.18. The van der Waals surface area contributed by atoms with Gasteiger partial charge in [-0.05, 0) is 36.6 Å². The first kappa shape index (κ1) is 12.4. The molecule has 1 nitrogen and oxygen atoms in total. The summed E-state index contributed by atoms with van der Waals surface area (Å²) in [6.45, 7) is 4.76. The van der Waals surface area contributed by atoms with Gasteiger partial charge in [-0.2, -0.15) is 0 Å². The van der Waals surface area contributed by atoms with E-state index < -0.39 is 0 Å². The summed E-state index contributed by atoms with van der Waals surface area (Å²) in [6.07, 6.45) is 3.77. The SMILES string of the molecule is C=CCCCOCc1cc(F)cc(Br)c1. The van der Waals surface area contributed by atoms with Gasteiger partial charge < -0.3 is 4.74 Å². The smallest absolute Gasteiger partial charge is 0.124 e. The third-order valence-corrected chi connectivity index (χ3v) is 2.35. The fourth-order valence-corrected chi connectivity index (χ4v) is 1.73. The first-order valence-electron chi connectivity index (χ1n) is 4.86. The van der Waals surface area contributed by atoms with E-state index in [0.717, 1.165) is 22.9 Å². The van der Waals surface area contributed by atoms with Gasteiger partial charge in [0.1, 0.15) is 5.82 Å². The number of ether oxygens (including phenoxy) is 1. The van der Waals surface area contributed by atoms with Gasteiger partial charge >= 0.3 is 0 Å². The van der Waals surface area contributed by atoms with Gasteiger partial charge in [-0.3, -0.25) is 0 Å². The zero-order valence-electron chi connectivity index (χ0n) is 8.51. The molecule has 0 fully saturated rings. The van der Waals surface area contributed by atoms with E-state index >= 15 is 0 Å². The Bertz CT molecular complexity index is 305. The maximum absolute atomic E-state index is 13.0. The standard InChI is InChI=1S/C12H14BrFO/c1-2-3-4-5-15-9-10-6-11(13)8-12(14)7-10/h2,6-8H,1,3-5,9H2. The first-order chi connectivity index (χ1) is 7.22. The van der Waals surface area contributed by atoms with Crippen molar-refractivity contribution in [3.63, 3.8) is 0 Å². The van der Waals surface area contributed by atoms with Crippen LogP contribution in [-0.2, 0) is 11.3 Å². The van der Waals surface area contributed by atoms with E-state index in [4.69, 9.17) is 4.74 Å². The fraction of sp³-hybridized carbons (Fsp3) is 0.333. The molecule has 1 rings (SSSR count). The van der Waals surface area contributed by atoms with Crippen molar-refractivity contribution in [3.8, 4) is 0 Å². The molecule has 0 spiro atoms. The van der Waals surface area contributed by atoms with Crippen molar-refractivity contribution in [1.29, 1.82) is 0 Å². The molecule has 0 aromatic heterocycles. The average molecular weight is 273 g/mol. The Morgan fingerprint density at radius 2 is 2.20 bits per heavy atom. The molecule has 0 saturated heterocycles. The van der Waals surface area contributed by atoms with Crippen molar-refractivity contribution >= 4 is 15.9 Å². The maximum atomic E-state index is 13.0. The number of hydrogen-bond donors (Lipinski definition) is 0. The minimum absolute atomic E-state index is 0.242. The van der Waals surface area contributed by atoms with Crippen molar-refractivity contribution in [3.05, 3.63) is 46.7 Å². The van der Waals surface area contributed by atoms with Gasteiger partial charge in [-0.15, -0.1) is 6.58 Å². The Morgan fingerprint density at radius 3 is 2.87 bits per heavy atom. The first-order valence-corrected chi connectivity index (χ1v) is 5.65. The molecule has 0 aliphatic carbocycles. The quantitative estimate of drug-likeness (QED) is 0.560. The van der Waals surface area contributed by atoms with Gasteiger partial charge in [-0.1, -0.05) is 22.0 Å². The summed E-state index contributed by atoms with van der Waals surface area (Å²) >= 11 is 3.24. The molecule has 0 amide bonds. The predicted molar refractivity (Wildman–Crippen MR) is 63.2 cm³/mol. The van der Waals surface area contributed by atoms with Crippen LogP contribution >= 0.6 is 15.9 Å². The Balaban J connectivity index is 2.33. The summed E-state index contributed by atoms with van der Waals surface area (Å²) in [5.74, 6) is -0.242. The molecule has 0 aliphatic rings. The molecule has 0 atom stereocenters. The van der Waals surface area contributed by atoms with E-state index in [-0.39, 0.29) is 5.82 Å². The highest BCUT2D eigenvalue weighted by Gasteiger charge is 1.98. The Kier molecular flexibility index (Phi) is 5.58. The Morgan fingerprint density at radius 1 is 1.40 bits per heavy atom. The molecule has 0 heterocycles. The monoisotopic (exact) mass is 272 g/mol. The van der Waals surface area contributed by atoms with Crippen LogP contribution < -0.4 is 0 Å². The number of rotatable bonds is 6. The fourth-order valence-electron chi connectivity index (χ4n) is 1.21. The predicted octanol–water partition coefficient (Wildman–Crippen LogP) is 4.07. The van der Waals surface area contributed by atoms with Crippen LogP contribution in [0, 0.1) is 5.82 Å². The molecule has 3 heteroatoms. The molecule has 0 aliphatic heterocycles. The van der Waals surface area contributed by atoms with Crippen molar-refractivity contribution in [2.75, 3.05) is 6.61 Å². The molecule has 1 aromatic carbocycles. The van der Waals surface area contributed by atoms with Gasteiger partial charge in [0.15, 0.2) is 0 Å². The second-order valence-electron chi connectivity index (χ2n) is 3.26. The van der Waals surface area contributed by atoms with Crippen LogP contribution in [-0.4, -0.2) is 6.61 Å². The lowest BCUT2D eigenvalue weighted by Gasteiger charge is -2.04. The number of allylic oxidation sites excluding steroid dienone is 1. The molecular formula is C12H14BrFO. The summed E-state index contributed by atoms with van der Waals surface area (Å²) in [5.41, 5.74) is 0.848. The molecule has 1 aromatic rings. The number of unbranched alkanes of at least 4 members (excludes halogenated alkanes) is 1. The zero-order valence-corrected chi connectivity index (χ0v) is 10.1. The highest BCUT2D eigenvalue weighted by molar-refractivity contribution is 9.10.